The molecule has 4 nitrogen and oxygen atoms in total. The molecule has 2 heterocycles. The number of nitrogens with zero attached hydrogens (tertiary/aromatic N) is 1. The van der Waals surface area contributed by atoms with Crippen molar-refractivity contribution in [1.82, 2.24) is 4.90 Å². The number of rotatable bonds is 3. The van der Waals surface area contributed by atoms with Gasteiger partial charge in [0.05, 0.1) is 18.7 Å². The van der Waals surface area contributed by atoms with Crippen LogP contribution in [0.15, 0.2) is 42.5 Å². The number of halogens is 1. The van der Waals surface area contributed by atoms with Gasteiger partial charge >= 0.3 is 0 Å². The van der Waals surface area contributed by atoms with E-state index >= 15 is 0 Å². The fourth-order valence-corrected chi connectivity index (χ4v) is 5.05. The van der Waals surface area contributed by atoms with E-state index < -0.39 is 0 Å². The van der Waals surface area contributed by atoms with Gasteiger partial charge in [-0.15, -0.1) is 0 Å². The molecule has 1 amide bonds. The topological polar surface area (TPSA) is 52.6 Å². The molecule has 1 saturated carbocycles. The Kier molecular flexibility index (Phi) is 4.35. The molecule has 0 aromatic heterocycles. The number of anilines is 1. The Bertz CT molecular complexity index is 911. The summed E-state index contributed by atoms with van der Waals surface area (Å²) in [5, 5.41) is 13.4. The van der Waals surface area contributed by atoms with Gasteiger partial charge in [0.25, 0.3) is 0 Å². The van der Waals surface area contributed by atoms with Crippen LogP contribution in [0.1, 0.15) is 37.3 Å². The van der Waals surface area contributed by atoms with Gasteiger partial charge in [-0.25, -0.2) is 4.39 Å². The summed E-state index contributed by atoms with van der Waals surface area (Å²) in [6.45, 7) is 0.796. The van der Waals surface area contributed by atoms with Crippen molar-refractivity contribution in [2.45, 2.75) is 37.8 Å². The molecule has 2 N–H and O–H groups in total. The second kappa shape index (κ2) is 6.89. The Morgan fingerprint density at radius 1 is 1.14 bits per heavy atom. The molecule has 2 aliphatic heterocycles. The zero-order chi connectivity index (χ0) is 19.3. The van der Waals surface area contributed by atoms with E-state index in [0.29, 0.717) is 0 Å². The average molecular weight is 380 g/mol. The van der Waals surface area contributed by atoms with Gasteiger partial charge in [-0.3, -0.25) is 4.79 Å². The Labute approximate surface area is 164 Å². The van der Waals surface area contributed by atoms with Gasteiger partial charge in [0.15, 0.2) is 0 Å². The smallest absolute Gasteiger partial charge is 0.226 e. The fourth-order valence-electron chi connectivity index (χ4n) is 5.05. The molecule has 3 atom stereocenters. The first-order valence-corrected chi connectivity index (χ1v) is 10.2. The van der Waals surface area contributed by atoms with Crippen molar-refractivity contribution in [2.75, 3.05) is 18.5 Å². The number of likely N-dealkylation sites (tertiary alicyclic amines) is 1. The van der Waals surface area contributed by atoms with Crippen LogP contribution in [-0.2, 0) is 4.79 Å². The van der Waals surface area contributed by atoms with E-state index in [1.807, 2.05) is 23.1 Å². The van der Waals surface area contributed by atoms with Gasteiger partial charge in [0.1, 0.15) is 5.82 Å². The van der Waals surface area contributed by atoms with Crippen LogP contribution in [0, 0.1) is 17.7 Å². The van der Waals surface area contributed by atoms with Crippen molar-refractivity contribution >= 4 is 11.6 Å². The standard InChI is InChI=1S/C23H25FN2O2/c24-17-6-2-5-15(11-17)16-7-8-20-19(12-16)22-18(21(13-27)25-20)9-10-26(22)23(28)14-3-1-4-14/h2,5-8,11-12,14,18,21-22,25,27H,1,3-4,9-10,13H2/t18-,21-,22-/m0/s1. The zero-order valence-corrected chi connectivity index (χ0v) is 15.8. The van der Waals surface area contributed by atoms with Crippen LogP contribution in [0.4, 0.5) is 10.1 Å². The van der Waals surface area contributed by atoms with E-state index in [1.165, 1.54) is 12.1 Å². The van der Waals surface area contributed by atoms with Crippen LogP contribution in [0.5, 0.6) is 0 Å². The minimum Gasteiger partial charge on any atom is -0.394 e. The average Bonchev–Trinajstić information content (AvgIpc) is 3.11. The van der Waals surface area contributed by atoms with Crippen LogP contribution in [0.25, 0.3) is 11.1 Å². The van der Waals surface area contributed by atoms with Crippen molar-refractivity contribution in [2.24, 2.45) is 11.8 Å². The Hall–Kier alpha value is -2.40. The van der Waals surface area contributed by atoms with Gasteiger partial charge in [-0.2, -0.15) is 0 Å². The predicted octanol–water partition coefficient (Wildman–Crippen LogP) is 3.97. The summed E-state index contributed by atoms with van der Waals surface area (Å²) in [6, 6.07) is 12.6. The van der Waals surface area contributed by atoms with Crippen molar-refractivity contribution < 1.29 is 14.3 Å². The third kappa shape index (κ3) is 2.80. The van der Waals surface area contributed by atoms with E-state index in [0.717, 1.165) is 54.6 Å². The second-order valence-electron chi connectivity index (χ2n) is 8.30. The Balaban J connectivity index is 1.56. The lowest BCUT2D eigenvalue weighted by molar-refractivity contribution is -0.139. The molecule has 5 heteroatoms. The molecule has 2 aromatic carbocycles. The van der Waals surface area contributed by atoms with Crippen molar-refractivity contribution in [3.05, 3.63) is 53.8 Å². The predicted molar refractivity (Wildman–Crippen MR) is 106 cm³/mol. The third-order valence-corrected chi connectivity index (χ3v) is 6.76. The molecule has 0 bridgehead atoms. The maximum atomic E-state index is 13.7. The van der Waals surface area contributed by atoms with Gasteiger partial charge in [0.2, 0.25) is 5.91 Å². The first kappa shape index (κ1) is 17.7. The molecule has 1 aliphatic carbocycles. The molecule has 0 radical (unpaired) electrons. The number of amides is 1. The van der Waals surface area contributed by atoms with E-state index in [9.17, 15) is 14.3 Å². The summed E-state index contributed by atoms with van der Waals surface area (Å²) >= 11 is 0. The van der Waals surface area contributed by atoms with Crippen molar-refractivity contribution in [1.29, 1.82) is 0 Å². The maximum absolute atomic E-state index is 13.7. The maximum Gasteiger partial charge on any atom is 0.226 e. The largest absolute Gasteiger partial charge is 0.394 e. The van der Waals surface area contributed by atoms with Crippen LogP contribution in [0.2, 0.25) is 0 Å². The summed E-state index contributed by atoms with van der Waals surface area (Å²) in [5.41, 5.74) is 3.83. The van der Waals surface area contributed by atoms with Crippen molar-refractivity contribution in [3.63, 3.8) is 0 Å². The zero-order valence-electron chi connectivity index (χ0n) is 15.8. The molecule has 28 heavy (non-hydrogen) atoms. The van der Waals surface area contributed by atoms with Crippen LogP contribution in [0.3, 0.4) is 0 Å². The molecular formula is C23H25FN2O2. The third-order valence-electron chi connectivity index (χ3n) is 6.76. The normalized spacial score (nSPS) is 26.2. The first-order chi connectivity index (χ1) is 13.7. The number of aliphatic hydroxyl groups is 1. The summed E-state index contributed by atoms with van der Waals surface area (Å²) in [5.74, 6) is 0.369. The number of nitrogens with one attached hydrogen (secondary N) is 1. The summed E-state index contributed by atoms with van der Waals surface area (Å²) in [6.07, 6.45) is 4.01. The lowest BCUT2D eigenvalue weighted by atomic mass is 9.80. The molecule has 1 saturated heterocycles. The summed E-state index contributed by atoms with van der Waals surface area (Å²) in [4.78, 5) is 15.1. The Morgan fingerprint density at radius 2 is 1.96 bits per heavy atom. The van der Waals surface area contributed by atoms with Gasteiger partial charge in [-0.05, 0) is 60.2 Å². The highest BCUT2D eigenvalue weighted by Gasteiger charge is 2.47. The molecule has 0 unspecified atom stereocenters. The second-order valence-corrected chi connectivity index (χ2v) is 8.30. The molecule has 3 aliphatic rings. The van der Waals surface area contributed by atoms with Gasteiger partial charge in [-0.1, -0.05) is 24.6 Å². The number of hydrogen-bond donors (Lipinski definition) is 2. The number of carbonyl (C=O) groups excluding carboxylic acids is 1. The number of carbonyl (C=O) groups is 1. The van der Waals surface area contributed by atoms with Crippen LogP contribution in [-0.4, -0.2) is 35.1 Å². The fraction of sp³-hybridized carbons (Fsp3) is 0.435. The minimum absolute atomic E-state index is 0.0185. The number of fused-ring (bicyclic) bond motifs is 3. The summed E-state index contributed by atoms with van der Waals surface area (Å²) < 4.78 is 13.7. The highest BCUT2D eigenvalue weighted by molar-refractivity contribution is 5.81. The van der Waals surface area contributed by atoms with Crippen LogP contribution >= 0.6 is 0 Å². The lowest BCUT2D eigenvalue weighted by Gasteiger charge is -2.41. The van der Waals surface area contributed by atoms with E-state index in [1.54, 1.807) is 6.07 Å². The minimum atomic E-state index is -0.255. The van der Waals surface area contributed by atoms with E-state index in [2.05, 4.69) is 11.4 Å². The monoisotopic (exact) mass is 380 g/mol. The van der Waals surface area contributed by atoms with E-state index in [-0.39, 0.29) is 42.3 Å². The summed E-state index contributed by atoms with van der Waals surface area (Å²) in [7, 11) is 0. The van der Waals surface area contributed by atoms with Gasteiger partial charge in [0, 0.05) is 24.1 Å². The number of aliphatic hydroxyl groups excluding tert-OH is 1. The SMILES string of the molecule is O=C(C1CCC1)N1CC[C@H]2[C@H](CO)Nc3ccc(-c4cccc(F)c4)cc3[C@H]21. The Morgan fingerprint density at radius 3 is 2.68 bits per heavy atom. The van der Waals surface area contributed by atoms with Crippen molar-refractivity contribution in [3.8, 4) is 11.1 Å². The molecule has 146 valence electrons. The molecule has 5 rings (SSSR count). The van der Waals surface area contributed by atoms with Crippen LogP contribution < -0.4 is 5.32 Å². The highest BCUT2D eigenvalue weighted by Crippen LogP contribution is 2.48. The lowest BCUT2D eigenvalue weighted by Crippen LogP contribution is -2.45. The molecular weight excluding hydrogens is 355 g/mol. The van der Waals surface area contributed by atoms with Gasteiger partial charge < -0.3 is 15.3 Å². The first-order valence-electron chi connectivity index (χ1n) is 10.2. The highest BCUT2D eigenvalue weighted by atomic mass is 19.1. The number of benzene rings is 2. The quantitative estimate of drug-likeness (QED) is 0.847. The molecule has 2 fully saturated rings. The molecule has 0 spiro atoms. The number of hydrogen-bond acceptors (Lipinski definition) is 3. The van der Waals surface area contributed by atoms with E-state index in [4.69, 9.17) is 0 Å². The molecule has 2 aromatic rings.